The molecular weight excluding hydrogens is 364 g/mol. The lowest BCUT2D eigenvalue weighted by Crippen LogP contribution is -2.27. The first-order valence-corrected chi connectivity index (χ1v) is 8.88. The van der Waals surface area contributed by atoms with E-state index in [0.29, 0.717) is 35.8 Å². The van der Waals surface area contributed by atoms with E-state index in [9.17, 15) is 14.4 Å². The van der Waals surface area contributed by atoms with Gasteiger partial charge in [0.05, 0.1) is 11.3 Å². The van der Waals surface area contributed by atoms with E-state index in [1.807, 2.05) is 0 Å². The van der Waals surface area contributed by atoms with E-state index in [0.717, 1.165) is 6.42 Å². The number of benzene rings is 2. The SMILES string of the molecule is O=C(COC(=O)c1ccccc1N1CCCC1=O)Nc1ccc2c(c1)OCO2. The minimum absolute atomic E-state index is 0.0270. The van der Waals surface area contributed by atoms with Crippen LogP contribution in [-0.2, 0) is 14.3 Å². The first-order valence-electron chi connectivity index (χ1n) is 8.88. The maximum absolute atomic E-state index is 12.5. The van der Waals surface area contributed by atoms with Gasteiger partial charge in [-0.05, 0) is 30.7 Å². The van der Waals surface area contributed by atoms with Crippen molar-refractivity contribution < 1.29 is 28.6 Å². The normalized spacial score (nSPS) is 14.9. The molecule has 0 bridgehead atoms. The summed E-state index contributed by atoms with van der Waals surface area (Å²) in [4.78, 5) is 38.1. The van der Waals surface area contributed by atoms with Crippen LogP contribution >= 0.6 is 0 Å². The molecular formula is C20H18N2O6. The van der Waals surface area contributed by atoms with Gasteiger partial charge in [-0.15, -0.1) is 0 Å². The molecule has 0 unspecified atom stereocenters. The zero-order chi connectivity index (χ0) is 19.5. The fraction of sp³-hybridized carbons (Fsp3) is 0.250. The van der Waals surface area contributed by atoms with Gasteiger partial charge in [0.1, 0.15) is 0 Å². The largest absolute Gasteiger partial charge is 0.454 e. The first kappa shape index (κ1) is 17.8. The van der Waals surface area contributed by atoms with Crippen LogP contribution in [0, 0.1) is 0 Å². The van der Waals surface area contributed by atoms with Gasteiger partial charge in [-0.1, -0.05) is 12.1 Å². The molecule has 0 atom stereocenters. The molecule has 1 saturated heterocycles. The molecule has 0 aliphatic carbocycles. The Morgan fingerprint density at radius 2 is 1.93 bits per heavy atom. The Morgan fingerprint density at radius 3 is 2.75 bits per heavy atom. The number of carbonyl (C=O) groups is 3. The molecule has 1 N–H and O–H groups in total. The number of esters is 1. The molecule has 4 rings (SSSR count). The van der Waals surface area contributed by atoms with Crippen molar-refractivity contribution in [2.24, 2.45) is 0 Å². The minimum Gasteiger partial charge on any atom is -0.454 e. The van der Waals surface area contributed by atoms with E-state index in [2.05, 4.69) is 5.32 Å². The van der Waals surface area contributed by atoms with Crippen molar-refractivity contribution in [3.05, 3.63) is 48.0 Å². The van der Waals surface area contributed by atoms with Gasteiger partial charge < -0.3 is 24.4 Å². The number of rotatable bonds is 5. The zero-order valence-electron chi connectivity index (χ0n) is 15.0. The molecule has 2 aliphatic rings. The fourth-order valence-electron chi connectivity index (χ4n) is 3.16. The molecule has 1 fully saturated rings. The van der Waals surface area contributed by atoms with E-state index in [1.54, 1.807) is 47.4 Å². The lowest BCUT2D eigenvalue weighted by atomic mass is 10.1. The van der Waals surface area contributed by atoms with Crippen molar-refractivity contribution >= 4 is 29.2 Å². The highest BCUT2D eigenvalue weighted by molar-refractivity contribution is 6.04. The Balaban J connectivity index is 1.38. The van der Waals surface area contributed by atoms with Gasteiger partial charge in [0, 0.05) is 24.7 Å². The second kappa shape index (κ2) is 7.59. The average Bonchev–Trinajstić information content (AvgIpc) is 3.34. The number of nitrogens with zero attached hydrogens (tertiary/aromatic N) is 1. The van der Waals surface area contributed by atoms with Crippen molar-refractivity contribution in [1.29, 1.82) is 0 Å². The quantitative estimate of drug-likeness (QED) is 0.798. The van der Waals surface area contributed by atoms with Gasteiger partial charge in [0.15, 0.2) is 18.1 Å². The Kier molecular flexibility index (Phi) is 4.84. The number of fused-ring (bicyclic) bond motifs is 1. The smallest absolute Gasteiger partial charge is 0.340 e. The lowest BCUT2D eigenvalue weighted by Gasteiger charge is -2.18. The molecule has 2 aliphatic heterocycles. The Hall–Kier alpha value is -3.55. The van der Waals surface area contributed by atoms with Gasteiger partial charge in [0.2, 0.25) is 12.7 Å². The molecule has 0 aromatic heterocycles. The maximum atomic E-state index is 12.5. The zero-order valence-corrected chi connectivity index (χ0v) is 15.0. The predicted octanol–water partition coefficient (Wildman–Crippen LogP) is 2.34. The number of carbonyl (C=O) groups excluding carboxylic acids is 3. The minimum atomic E-state index is -0.656. The summed E-state index contributed by atoms with van der Waals surface area (Å²) in [6, 6.07) is 11.7. The van der Waals surface area contributed by atoms with E-state index in [-0.39, 0.29) is 18.3 Å². The standard InChI is InChI=1S/C20H18N2O6/c23-18(21-13-7-8-16-17(10-13)28-12-27-16)11-26-20(25)14-4-1-2-5-15(14)22-9-3-6-19(22)24/h1-2,4-5,7-8,10H,3,6,9,11-12H2,(H,21,23). The molecule has 0 saturated carbocycles. The van der Waals surface area contributed by atoms with Crippen LogP contribution < -0.4 is 19.7 Å². The van der Waals surface area contributed by atoms with E-state index in [1.165, 1.54) is 0 Å². The molecule has 8 nitrogen and oxygen atoms in total. The number of hydrogen-bond donors (Lipinski definition) is 1. The highest BCUT2D eigenvalue weighted by Crippen LogP contribution is 2.34. The Bertz CT molecular complexity index is 942. The third-order valence-electron chi connectivity index (χ3n) is 4.48. The summed E-state index contributed by atoms with van der Waals surface area (Å²) in [5.41, 5.74) is 1.27. The first-order chi connectivity index (χ1) is 13.6. The van der Waals surface area contributed by atoms with Crippen LogP contribution in [0.25, 0.3) is 0 Å². The van der Waals surface area contributed by atoms with Gasteiger partial charge in [-0.25, -0.2) is 4.79 Å². The predicted molar refractivity (Wildman–Crippen MR) is 99.5 cm³/mol. The molecule has 2 aromatic rings. The number of nitrogens with one attached hydrogen (secondary N) is 1. The summed E-state index contributed by atoms with van der Waals surface area (Å²) in [6.45, 7) is 0.257. The highest BCUT2D eigenvalue weighted by Gasteiger charge is 2.26. The summed E-state index contributed by atoms with van der Waals surface area (Å²) in [7, 11) is 0. The van der Waals surface area contributed by atoms with Crippen LogP contribution in [0.1, 0.15) is 23.2 Å². The van der Waals surface area contributed by atoms with Gasteiger partial charge in [-0.3, -0.25) is 9.59 Å². The van der Waals surface area contributed by atoms with Crippen LogP contribution in [-0.4, -0.2) is 37.7 Å². The topological polar surface area (TPSA) is 94.2 Å². The average molecular weight is 382 g/mol. The Labute approximate surface area is 161 Å². The molecule has 144 valence electrons. The molecule has 8 heteroatoms. The van der Waals surface area contributed by atoms with Crippen molar-refractivity contribution in [2.75, 3.05) is 30.2 Å². The number of para-hydroxylation sites is 1. The summed E-state index contributed by atoms with van der Waals surface area (Å²) >= 11 is 0. The van der Waals surface area contributed by atoms with Gasteiger partial charge in [0.25, 0.3) is 5.91 Å². The van der Waals surface area contributed by atoms with Crippen LogP contribution in [0.2, 0.25) is 0 Å². The number of hydrogen-bond acceptors (Lipinski definition) is 6. The number of ether oxygens (including phenoxy) is 3. The summed E-state index contributed by atoms with van der Waals surface area (Å²) < 4.78 is 15.6. The van der Waals surface area contributed by atoms with Gasteiger partial charge >= 0.3 is 5.97 Å². The molecule has 2 heterocycles. The van der Waals surface area contributed by atoms with Crippen LogP contribution in [0.3, 0.4) is 0 Å². The summed E-state index contributed by atoms with van der Waals surface area (Å²) in [6.07, 6.45) is 1.21. The van der Waals surface area contributed by atoms with Crippen molar-refractivity contribution in [2.45, 2.75) is 12.8 Å². The summed E-state index contributed by atoms with van der Waals surface area (Å²) in [5.74, 6) is -0.0182. The lowest BCUT2D eigenvalue weighted by molar-refractivity contribution is -0.119. The van der Waals surface area contributed by atoms with E-state index >= 15 is 0 Å². The number of anilines is 2. The molecule has 2 aromatic carbocycles. The van der Waals surface area contributed by atoms with Crippen molar-refractivity contribution in [3.8, 4) is 11.5 Å². The second-order valence-electron chi connectivity index (χ2n) is 6.36. The van der Waals surface area contributed by atoms with Crippen LogP contribution in [0.5, 0.6) is 11.5 Å². The monoisotopic (exact) mass is 382 g/mol. The number of amides is 2. The second-order valence-corrected chi connectivity index (χ2v) is 6.36. The van der Waals surface area contributed by atoms with E-state index in [4.69, 9.17) is 14.2 Å². The molecule has 0 radical (unpaired) electrons. The van der Waals surface area contributed by atoms with Gasteiger partial charge in [-0.2, -0.15) is 0 Å². The van der Waals surface area contributed by atoms with Crippen LogP contribution in [0.4, 0.5) is 11.4 Å². The fourth-order valence-corrected chi connectivity index (χ4v) is 3.16. The third-order valence-corrected chi connectivity index (χ3v) is 4.48. The van der Waals surface area contributed by atoms with Crippen LogP contribution in [0.15, 0.2) is 42.5 Å². The Morgan fingerprint density at radius 1 is 1.11 bits per heavy atom. The molecule has 28 heavy (non-hydrogen) atoms. The van der Waals surface area contributed by atoms with Crippen molar-refractivity contribution in [1.82, 2.24) is 0 Å². The summed E-state index contributed by atoms with van der Waals surface area (Å²) in [5, 5.41) is 2.64. The maximum Gasteiger partial charge on any atom is 0.340 e. The third kappa shape index (κ3) is 3.62. The van der Waals surface area contributed by atoms with Crippen molar-refractivity contribution in [3.63, 3.8) is 0 Å². The highest BCUT2D eigenvalue weighted by atomic mass is 16.7. The molecule has 0 spiro atoms. The van der Waals surface area contributed by atoms with E-state index < -0.39 is 18.5 Å². The molecule has 2 amide bonds.